The molecule has 1 amide bonds. The van der Waals surface area contributed by atoms with E-state index in [0.29, 0.717) is 18.9 Å². The van der Waals surface area contributed by atoms with E-state index in [9.17, 15) is 4.79 Å². The topological polar surface area (TPSA) is 55.1 Å². The van der Waals surface area contributed by atoms with E-state index in [2.05, 4.69) is 38.2 Å². The molecule has 0 aliphatic carbocycles. The largest absolute Gasteiger partial charge is 0.349 e. The minimum absolute atomic E-state index is 0.0332. The molecule has 1 atom stereocenters. The lowest BCUT2D eigenvalue weighted by Gasteiger charge is -2.33. The Morgan fingerprint density at radius 3 is 2.21 bits per heavy atom. The Bertz CT molecular complexity index is 411. The zero-order valence-corrected chi connectivity index (χ0v) is 12.5. The summed E-state index contributed by atoms with van der Waals surface area (Å²) in [6, 6.07) is 8.20. The summed E-state index contributed by atoms with van der Waals surface area (Å²) in [5, 5.41) is 3.06. The van der Waals surface area contributed by atoms with Gasteiger partial charge in [0.2, 0.25) is 5.91 Å². The van der Waals surface area contributed by atoms with Gasteiger partial charge in [0.1, 0.15) is 0 Å². The molecular formula is C16H26N2O. The molecule has 0 fully saturated rings. The zero-order valence-electron chi connectivity index (χ0n) is 12.5. The number of carbonyl (C=O) groups is 1. The quantitative estimate of drug-likeness (QED) is 0.826. The summed E-state index contributed by atoms with van der Waals surface area (Å²) >= 11 is 0. The molecule has 1 rings (SSSR count). The Balaban J connectivity index is 2.64. The van der Waals surface area contributed by atoms with Crippen molar-refractivity contribution in [1.29, 1.82) is 0 Å². The highest BCUT2D eigenvalue weighted by Crippen LogP contribution is 2.15. The lowest BCUT2D eigenvalue weighted by molar-refractivity contribution is -0.122. The van der Waals surface area contributed by atoms with E-state index < -0.39 is 0 Å². The number of nitrogens with one attached hydrogen (secondary N) is 1. The highest BCUT2D eigenvalue weighted by molar-refractivity contribution is 5.79. The van der Waals surface area contributed by atoms with Gasteiger partial charge in [-0.1, -0.05) is 45.0 Å². The van der Waals surface area contributed by atoms with E-state index in [1.165, 1.54) is 5.56 Å². The minimum atomic E-state index is -0.333. The number of rotatable bonds is 6. The first-order chi connectivity index (χ1) is 8.91. The summed E-state index contributed by atoms with van der Waals surface area (Å²) in [5.74, 6) is 0.342. The predicted molar refractivity (Wildman–Crippen MR) is 80.0 cm³/mol. The molecule has 1 aromatic carbocycles. The Morgan fingerprint density at radius 2 is 1.79 bits per heavy atom. The number of benzene rings is 1. The van der Waals surface area contributed by atoms with Crippen LogP contribution in [0.5, 0.6) is 0 Å². The maximum atomic E-state index is 12.1. The molecule has 0 saturated carbocycles. The van der Waals surface area contributed by atoms with Crippen molar-refractivity contribution in [2.75, 3.05) is 6.54 Å². The molecule has 0 spiro atoms. The van der Waals surface area contributed by atoms with E-state index >= 15 is 0 Å². The second-order valence-electron chi connectivity index (χ2n) is 5.67. The standard InChI is InChI=1S/C16H26N2O/c1-5-13-6-8-14(9-7-13)10-15(19)18-16(4,11-17)12(2)3/h6-9,12H,5,10-11,17H2,1-4H3,(H,18,19). The third kappa shape index (κ3) is 4.35. The summed E-state index contributed by atoms with van der Waals surface area (Å²) in [6.07, 6.45) is 1.43. The Kier molecular flexibility index (Phi) is 5.55. The number of amides is 1. The van der Waals surface area contributed by atoms with Gasteiger partial charge in [-0.3, -0.25) is 4.79 Å². The van der Waals surface area contributed by atoms with Crippen molar-refractivity contribution < 1.29 is 4.79 Å². The van der Waals surface area contributed by atoms with Gasteiger partial charge in [-0.25, -0.2) is 0 Å². The lowest BCUT2D eigenvalue weighted by atomic mass is 9.88. The Labute approximate surface area is 116 Å². The van der Waals surface area contributed by atoms with Crippen molar-refractivity contribution in [2.24, 2.45) is 11.7 Å². The van der Waals surface area contributed by atoms with Crippen LogP contribution in [-0.2, 0) is 17.6 Å². The highest BCUT2D eigenvalue weighted by Gasteiger charge is 2.28. The predicted octanol–water partition coefficient (Wildman–Crippen LogP) is 2.28. The average molecular weight is 262 g/mol. The molecule has 0 radical (unpaired) electrons. The second kappa shape index (κ2) is 6.71. The van der Waals surface area contributed by atoms with Crippen molar-refractivity contribution in [3.05, 3.63) is 35.4 Å². The van der Waals surface area contributed by atoms with Crippen molar-refractivity contribution in [3.63, 3.8) is 0 Å². The number of carbonyl (C=O) groups excluding carboxylic acids is 1. The zero-order chi connectivity index (χ0) is 14.5. The first-order valence-electron chi connectivity index (χ1n) is 7.00. The fourth-order valence-electron chi connectivity index (χ4n) is 1.87. The van der Waals surface area contributed by atoms with Crippen molar-refractivity contribution in [2.45, 2.75) is 46.1 Å². The van der Waals surface area contributed by atoms with Gasteiger partial charge < -0.3 is 11.1 Å². The van der Waals surface area contributed by atoms with Crippen LogP contribution >= 0.6 is 0 Å². The van der Waals surface area contributed by atoms with Crippen LogP contribution in [0.15, 0.2) is 24.3 Å². The van der Waals surface area contributed by atoms with Crippen LogP contribution < -0.4 is 11.1 Å². The first kappa shape index (κ1) is 15.7. The number of nitrogens with two attached hydrogens (primary N) is 1. The number of hydrogen-bond donors (Lipinski definition) is 2. The van der Waals surface area contributed by atoms with E-state index in [1.54, 1.807) is 0 Å². The molecule has 3 nitrogen and oxygen atoms in total. The van der Waals surface area contributed by atoms with Crippen LogP contribution in [0.4, 0.5) is 0 Å². The van der Waals surface area contributed by atoms with Gasteiger partial charge in [0.05, 0.1) is 12.0 Å². The fourth-order valence-corrected chi connectivity index (χ4v) is 1.87. The van der Waals surface area contributed by atoms with Crippen LogP contribution in [0.3, 0.4) is 0 Å². The van der Waals surface area contributed by atoms with Gasteiger partial charge in [-0.15, -0.1) is 0 Å². The first-order valence-corrected chi connectivity index (χ1v) is 7.00. The third-order valence-corrected chi connectivity index (χ3v) is 3.92. The summed E-state index contributed by atoms with van der Waals surface area (Å²) in [5.41, 5.74) is 7.77. The highest BCUT2D eigenvalue weighted by atomic mass is 16.1. The maximum absolute atomic E-state index is 12.1. The summed E-state index contributed by atoms with van der Waals surface area (Å²) in [7, 11) is 0. The van der Waals surface area contributed by atoms with Crippen molar-refractivity contribution in [1.82, 2.24) is 5.32 Å². The maximum Gasteiger partial charge on any atom is 0.224 e. The van der Waals surface area contributed by atoms with Crippen molar-refractivity contribution >= 4 is 5.91 Å². The monoisotopic (exact) mass is 262 g/mol. The van der Waals surface area contributed by atoms with Crippen molar-refractivity contribution in [3.8, 4) is 0 Å². The van der Waals surface area contributed by atoms with Gasteiger partial charge in [0, 0.05) is 6.54 Å². The van der Waals surface area contributed by atoms with Gasteiger partial charge in [-0.05, 0) is 30.4 Å². The molecule has 1 aromatic rings. The van der Waals surface area contributed by atoms with E-state index in [0.717, 1.165) is 12.0 Å². The Morgan fingerprint density at radius 1 is 1.26 bits per heavy atom. The van der Waals surface area contributed by atoms with Gasteiger partial charge in [0.15, 0.2) is 0 Å². The van der Waals surface area contributed by atoms with Crippen LogP contribution in [0.1, 0.15) is 38.8 Å². The van der Waals surface area contributed by atoms with Gasteiger partial charge >= 0.3 is 0 Å². The second-order valence-corrected chi connectivity index (χ2v) is 5.67. The molecular weight excluding hydrogens is 236 g/mol. The molecule has 0 aliphatic heterocycles. The van der Waals surface area contributed by atoms with E-state index in [1.807, 2.05) is 19.1 Å². The molecule has 19 heavy (non-hydrogen) atoms. The van der Waals surface area contributed by atoms with Crippen LogP contribution in [0.25, 0.3) is 0 Å². The molecule has 0 saturated heterocycles. The lowest BCUT2D eigenvalue weighted by Crippen LogP contribution is -2.55. The number of hydrogen-bond acceptors (Lipinski definition) is 2. The number of aryl methyl sites for hydroxylation is 1. The van der Waals surface area contributed by atoms with Crippen LogP contribution in [-0.4, -0.2) is 18.0 Å². The molecule has 0 aromatic heterocycles. The minimum Gasteiger partial charge on any atom is -0.349 e. The SMILES string of the molecule is CCc1ccc(CC(=O)NC(C)(CN)C(C)C)cc1. The van der Waals surface area contributed by atoms with E-state index in [4.69, 9.17) is 5.73 Å². The molecule has 1 unspecified atom stereocenters. The molecule has 0 aliphatic rings. The molecule has 106 valence electrons. The summed E-state index contributed by atoms with van der Waals surface area (Å²) in [4.78, 5) is 12.1. The molecule has 3 N–H and O–H groups in total. The molecule has 0 heterocycles. The summed E-state index contributed by atoms with van der Waals surface area (Å²) < 4.78 is 0. The summed E-state index contributed by atoms with van der Waals surface area (Å²) in [6.45, 7) is 8.71. The normalized spacial score (nSPS) is 14.2. The van der Waals surface area contributed by atoms with Crippen LogP contribution in [0.2, 0.25) is 0 Å². The Hall–Kier alpha value is -1.35. The smallest absolute Gasteiger partial charge is 0.224 e. The molecule has 3 heteroatoms. The fraction of sp³-hybridized carbons (Fsp3) is 0.562. The van der Waals surface area contributed by atoms with Gasteiger partial charge in [0.25, 0.3) is 0 Å². The third-order valence-electron chi connectivity index (χ3n) is 3.92. The average Bonchev–Trinajstić information content (AvgIpc) is 2.39. The van der Waals surface area contributed by atoms with E-state index in [-0.39, 0.29) is 11.4 Å². The molecule has 0 bridgehead atoms. The van der Waals surface area contributed by atoms with Crippen LogP contribution in [0, 0.1) is 5.92 Å². The van der Waals surface area contributed by atoms with Gasteiger partial charge in [-0.2, -0.15) is 0 Å².